The fourth-order valence-corrected chi connectivity index (χ4v) is 6.02. The number of anilines is 2. The molecule has 1 saturated heterocycles. The Morgan fingerprint density at radius 1 is 1.18 bits per heavy atom. The van der Waals surface area contributed by atoms with Crippen molar-refractivity contribution < 1.29 is 26.7 Å². The number of aromatic nitrogens is 1. The van der Waals surface area contributed by atoms with Crippen LogP contribution in [0.3, 0.4) is 0 Å². The van der Waals surface area contributed by atoms with Gasteiger partial charge in [-0.05, 0) is 24.6 Å². The number of fused-ring (bicyclic) bond motifs is 1. The molecule has 0 N–H and O–H groups in total. The topological polar surface area (TPSA) is 83.0 Å². The third kappa shape index (κ3) is 4.77. The summed E-state index contributed by atoms with van der Waals surface area (Å²) in [5, 5.41) is 0. The van der Waals surface area contributed by atoms with Crippen molar-refractivity contribution in [1.29, 1.82) is 0 Å². The van der Waals surface area contributed by atoms with Crippen LogP contribution in [0.5, 0.6) is 0 Å². The van der Waals surface area contributed by atoms with Gasteiger partial charge >= 0.3 is 6.09 Å². The number of carbonyl (C=O) groups is 1. The fraction of sp³-hybridized carbons (Fsp3) is 0.429. The summed E-state index contributed by atoms with van der Waals surface area (Å²) in [4.78, 5) is 19.5. The fourth-order valence-electron chi connectivity index (χ4n) is 4.04. The lowest BCUT2D eigenvalue weighted by Crippen LogP contribution is -2.49. The molecular weight excluding hydrogens is 522 g/mol. The highest BCUT2D eigenvalue weighted by Gasteiger charge is 2.38. The minimum atomic E-state index is -4.04. The molecule has 1 aromatic carbocycles. The Kier molecular flexibility index (Phi) is 6.76. The summed E-state index contributed by atoms with van der Waals surface area (Å²) >= 11 is 3.38. The summed E-state index contributed by atoms with van der Waals surface area (Å²) in [7, 11) is -4.04. The lowest BCUT2D eigenvalue weighted by molar-refractivity contribution is 0.105. The Hall–Kier alpha value is -2.47. The highest BCUT2D eigenvalue weighted by Crippen LogP contribution is 2.39. The van der Waals surface area contributed by atoms with E-state index in [0.717, 1.165) is 10.0 Å². The lowest BCUT2D eigenvalue weighted by atomic mass is 10.2. The van der Waals surface area contributed by atoms with Crippen molar-refractivity contribution in [2.45, 2.75) is 18.4 Å². The minimum Gasteiger partial charge on any atom is -0.450 e. The molecule has 0 spiro atoms. The van der Waals surface area contributed by atoms with Gasteiger partial charge in [0.25, 0.3) is 0 Å². The van der Waals surface area contributed by atoms with Crippen LogP contribution < -0.4 is 9.80 Å². The van der Waals surface area contributed by atoms with Gasteiger partial charge in [-0.3, -0.25) is 0 Å². The Morgan fingerprint density at radius 2 is 1.91 bits per heavy atom. The molecule has 0 unspecified atom stereocenters. The number of hydrogen-bond donors (Lipinski definition) is 0. The van der Waals surface area contributed by atoms with Crippen LogP contribution in [-0.4, -0.2) is 69.5 Å². The molecule has 2 aliphatic rings. The van der Waals surface area contributed by atoms with Crippen molar-refractivity contribution >= 4 is 43.4 Å². The second kappa shape index (κ2) is 9.41. The molecule has 1 aromatic heterocycles. The second-order valence-electron chi connectivity index (χ2n) is 7.76. The maximum atomic E-state index is 15.6. The molecule has 1 fully saturated rings. The van der Waals surface area contributed by atoms with E-state index < -0.39 is 32.6 Å². The molecule has 0 bridgehead atoms. The number of pyridine rings is 1. The molecule has 178 valence electrons. The van der Waals surface area contributed by atoms with Gasteiger partial charge in [0, 0.05) is 43.7 Å². The first-order valence-electron chi connectivity index (χ1n) is 10.5. The van der Waals surface area contributed by atoms with Crippen molar-refractivity contribution in [3.8, 4) is 0 Å². The average Bonchev–Trinajstić information content (AvgIpc) is 2.77. The molecule has 4 rings (SSSR count). The van der Waals surface area contributed by atoms with Gasteiger partial charge in [0.2, 0.25) is 5.95 Å². The first-order chi connectivity index (χ1) is 15.7. The second-order valence-corrected chi connectivity index (χ2v) is 10.7. The van der Waals surface area contributed by atoms with Crippen LogP contribution in [0.2, 0.25) is 0 Å². The number of hydrogen-bond acceptors (Lipinski definition) is 7. The van der Waals surface area contributed by atoms with Gasteiger partial charge in [-0.25, -0.2) is 17.6 Å². The van der Waals surface area contributed by atoms with Crippen LogP contribution in [0.25, 0.3) is 0 Å². The zero-order valence-electron chi connectivity index (χ0n) is 17.9. The SMILES string of the molecule is CCOC(=O)N1CCN(c2nc(F)c3c(c2F)S(=O)(=O)CCN3Cc2cccc(Br)c2)CC1. The van der Waals surface area contributed by atoms with Crippen LogP contribution >= 0.6 is 15.9 Å². The normalized spacial score (nSPS) is 17.6. The van der Waals surface area contributed by atoms with E-state index in [9.17, 15) is 13.2 Å². The Labute approximate surface area is 199 Å². The summed E-state index contributed by atoms with van der Waals surface area (Å²) < 4.78 is 62.2. The molecule has 8 nitrogen and oxygen atoms in total. The van der Waals surface area contributed by atoms with E-state index in [-0.39, 0.29) is 63.1 Å². The van der Waals surface area contributed by atoms with Crippen molar-refractivity contribution in [3.05, 3.63) is 46.1 Å². The van der Waals surface area contributed by atoms with Gasteiger partial charge in [-0.2, -0.15) is 9.37 Å². The Bertz CT molecular complexity index is 1170. The molecule has 0 aliphatic carbocycles. The predicted octanol–water partition coefficient (Wildman–Crippen LogP) is 3.19. The third-order valence-electron chi connectivity index (χ3n) is 5.64. The number of carbonyl (C=O) groups excluding carboxylic acids is 1. The first-order valence-corrected chi connectivity index (χ1v) is 12.9. The highest BCUT2D eigenvalue weighted by atomic mass is 79.9. The average molecular weight is 545 g/mol. The lowest BCUT2D eigenvalue weighted by Gasteiger charge is -2.36. The van der Waals surface area contributed by atoms with Gasteiger partial charge in [-0.1, -0.05) is 28.1 Å². The summed E-state index contributed by atoms with van der Waals surface area (Å²) in [6.45, 7) is 2.95. The number of nitrogens with zero attached hydrogens (tertiary/aromatic N) is 4. The number of ether oxygens (including phenoxy) is 1. The van der Waals surface area contributed by atoms with Crippen molar-refractivity contribution in [2.24, 2.45) is 0 Å². The molecule has 1 amide bonds. The summed E-state index contributed by atoms with van der Waals surface area (Å²) in [6.07, 6.45) is -0.479. The zero-order chi connectivity index (χ0) is 23.8. The number of piperazine rings is 1. The van der Waals surface area contributed by atoms with E-state index in [4.69, 9.17) is 4.74 Å². The van der Waals surface area contributed by atoms with Crippen LogP contribution in [0.4, 0.5) is 25.1 Å². The van der Waals surface area contributed by atoms with Gasteiger partial charge in [0.15, 0.2) is 21.5 Å². The largest absolute Gasteiger partial charge is 0.450 e. The van der Waals surface area contributed by atoms with Gasteiger partial charge < -0.3 is 19.4 Å². The van der Waals surface area contributed by atoms with E-state index >= 15 is 8.78 Å². The van der Waals surface area contributed by atoms with Crippen molar-refractivity contribution in [3.63, 3.8) is 0 Å². The van der Waals surface area contributed by atoms with Crippen LogP contribution in [-0.2, 0) is 21.1 Å². The minimum absolute atomic E-state index is 0.0252. The monoisotopic (exact) mass is 544 g/mol. The van der Waals surface area contributed by atoms with E-state index in [1.54, 1.807) is 6.92 Å². The molecule has 2 aromatic rings. The smallest absolute Gasteiger partial charge is 0.409 e. The van der Waals surface area contributed by atoms with Crippen LogP contribution in [0, 0.1) is 11.8 Å². The Balaban J connectivity index is 1.66. The highest BCUT2D eigenvalue weighted by molar-refractivity contribution is 9.10. The summed E-state index contributed by atoms with van der Waals surface area (Å²) in [5.41, 5.74) is 0.473. The number of amides is 1. The summed E-state index contributed by atoms with van der Waals surface area (Å²) in [5.74, 6) is -2.78. The maximum absolute atomic E-state index is 15.6. The number of rotatable bonds is 4. The van der Waals surface area contributed by atoms with Crippen molar-refractivity contribution in [1.82, 2.24) is 9.88 Å². The van der Waals surface area contributed by atoms with Crippen LogP contribution in [0.1, 0.15) is 12.5 Å². The quantitative estimate of drug-likeness (QED) is 0.546. The maximum Gasteiger partial charge on any atom is 0.409 e. The molecule has 2 aliphatic heterocycles. The molecular formula is C21H23BrF2N4O4S. The van der Waals surface area contributed by atoms with E-state index in [1.165, 1.54) is 14.7 Å². The number of benzene rings is 1. The molecule has 0 saturated carbocycles. The molecule has 3 heterocycles. The van der Waals surface area contributed by atoms with E-state index in [2.05, 4.69) is 20.9 Å². The number of sulfone groups is 1. The number of halogens is 3. The molecule has 12 heteroatoms. The molecule has 33 heavy (non-hydrogen) atoms. The van der Waals surface area contributed by atoms with E-state index in [0.29, 0.717) is 0 Å². The van der Waals surface area contributed by atoms with Crippen molar-refractivity contribution in [2.75, 3.05) is 54.9 Å². The first kappa shape index (κ1) is 23.7. The third-order valence-corrected chi connectivity index (χ3v) is 7.84. The Morgan fingerprint density at radius 3 is 2.58 bits per heavy atom. The van der Waals surface area contributed by atoms with Gasteiger partial charge in [0.1, 0.15) is 10.6 Å². The van der Waals surface area contributed by atoms with Gasteiger partial charge in [-0.15, -0.1) is 0 Å². The molecule has 0 radical (unpaired) electrons. The van der Waals surface area contributed by atoms with Crippen LogP contribution in [0.15, 0.2) is 33.6 Å². The van der Waals surface area contributed by atoms with Gasteiger partial charge in [0.05, 0.1) is 12.4 Å². The van der Waals surface area contributed by atoms with E-state index in [1.807, 2.05) is 24.3 Å². The standard InChI is InChI=1S/C21H23BrF2N4O4S/c1-2-32-21(29)27-8-6-26(7-9-27)20-16(23)18-17(19(24)25-20)28(10-11-33(18,30)31)13-14-4-3-5-15(22)12-14/h3-5,12H,2,6-11,13H2,1H3. The predicted molar refractivity (Wildman–Crippen MR) is 122 cm³/mol. The molecule has 0 atom stereocenters. The summed E-state index contributed by atoms with van der Waals surface area (Å²) in [6, 6.07) is 7.32. The zero-order valence-corrected chi connectivity index (χ0v) is 20.3.